The molecule has 0 spiro atoms. The summed E-state index contributed by atoms with van der Waals surface area (Å²) >= 11 is 2.11. The molecule has 1 rings (SSSR count). The fraction of sp³-hybridized carbons (Fsp3) is 0.125. The van der Waals surface area contributed by atoms with E-state index >= 15 is 0 Å². The SMILES string of the molecule is COC(=O)c1cc(I)ccc1N.Cl. The largest absolute Gasteiger partial charge is 0.465 e. The molecule has 3 nitrogen and oxygen atoms in total. The standard InChI is InChI=1S/C8H8INO2.ClH/c1-12-8(11)6-4-5(9)2-3-7(6)10;/h2-4H,10H2,1H3;1H. The van der Waals surface area contributed by atoms with Crippen molar-refractivity contribution in [2.45, 2.75) is 0 Å². The van der Waals surface area contributed by atoms with Crippen molar-refractivity contribution in [3.05, 3.63) is 27.3 Å². The van der Waals surface area contributed by atoms with Crippen molar-refractivity contribution in [3.63, 3.8) is 0 Å². The molecule has 0 radical (unpaired) electrons. The van der Waals surface area contributed by atoms with E-state index in [-0.39, 0.29) is 12.4 Å². The highest BCUT2D eigenvalue weighted by Gasteiger charge is 2.09. The predicted molar refractivity (Wildman–Crippen MR) is 62.2 cm³/mol. The predicted octanol–water partition coefficient (Wildman–Crippen LogP) is 2.08. The van der Waals surface area contributed by atoms with Crippen LogP contribution >= 0.6 is 35.0 Å². The molecule has 0 aromatic heterocycles. The van der Waals surface area contributed by atoms with E-state index in [1.54, 1.807) is 12.1 Å². The molecule has 2 N–H and O–H groups in total. The Balaban J connectivity index is 0.00000144. The Kier molecular flexibility index (Phi) is 5.09. The zero-order valence-electron chi connectivity index (χ0n) is 6.91. The Morgan fingerprint density at radius 1 is 1.54 bits per heavy atom. The molecule has 72 valence electrons. The molecule has 0 saturated carbocycles. The molecule has 0 saturated heterocycles. The number of carbonyl (C=O) groups is 1. The first kappa shape index (κ1) is 12.5. The van der Waals surface area contributed by atoms with Crippen LogP contribution in [-0.2, 0) is 4.74 Å². The van der Waals surface area contributed by atoms with Gasteiger partial charge in [-0.2, -0.15) is 0 Å². The molecular formula is C8H9ClINO2. The molecule has 0 heterocycles. The lowest BCUT2D eigenvalue weighted by Crippen LogP contribution is -2.05. The number of nitrogen functional groups attached to an aromatic ring is 1. The van der Waals surface area contributed by atoms with Crippen molar-refractivity contribution in [1.82, 2.24) is 0 Å². The average Bonchev–Trinajstić information content (AvgIpc) is 2.08. The summed E-state index contributed by atoms with van der Waals surface area (Å²) in [5, 5.41) is 0. The van der Waals surface area contributed by atoms with Gasteiger partial charge >= 0.3 is 5.97 Å². The van der Waals surface area contributed by atoms with Crippen LogP contribution < -0.4 is 5.73 Å². The summed E-state index contributed by atoms with van der Waals surface area (Å²) in [6.45, 7) is 0. The van der Waals surface area contributed by atoms with Gasteiger partial charge in [-0.15, -0.1) is 12.4 Å². The van der Waals surface area contributed by atoms with Crippen LogP contribution in [0.25, 0.3) is 0 Å². The smallest absolute Gasteiger partial charge is 0.339 e. The van der Waals surface area contributed by atoms with E-state index in [0.29, 0.717) is 11.3 Å². The second-order valence-corrected chi connectivity index (χ2v) is 3.47. The third-order valence-electron chi connectivity index (χ3n) is 1.42. The Morgan fingerprint density at radius 2 is 2.15 bits per heavy atom. The molecule has 1 aromatic rings. The molecule has 0 bridgehead atoms. The maximum atomic E-state index is 11.1. The van der Waals surface area contributed by atoms with Gasteiger partial charge in [-0.3, -0.25) is 0 Å². The number of halogens is 2. The number of nitrogens with two attached hydrogens (primary N) is 1. The Hall–Kier alpha value is -0.490. The number of hydrogen-bond acceptors (Lipinski definition) is 3. The zero-order chi connectivity index (χ0) is 9.14. The molecule has 0 aliphatic carbocycles. The number of hydrogen-bond donors (Lipinski definition) is 1. The maximum Gasteiger partial charge on any atom is 0.339 e. The number of methoxy groups -OCH3 is 1. The molecule has 0 unspecified atom stereocenters. The summed E-state index contributed by atoms with van der Waals surface area (Å²) in [6.07, 6.45) is 0. The minimum absolute atomic E-state index is 0. The van der Waals surface area contributed by atoms with Crippen molar-refractivity contribution in [2.24, 2.45) is 0 Å². The van der Waals surface area contributed by atoms with E-state index in [4.69, 9.17) is 5.73 Å². The number of benzene rings is 1. The first-order valence-corrected chi connectivity index (χ1v) is 4.36. The van der Waals surface area contributed by atoms with E-state index < -0.39 is 5.97 Å². The van der Waals surface area contributed by atoms with Crippen molar-refractivity contribution in [1.29, 1.82) is 0 Å². The van der Waals surface area contributed by atoms with Gasteiger partial charge in [0.2, 0.25) is 0 Å². The highest BCUT2D eigenvalue weighted by molar-refractivity contribution is 14.1. The van der Waals surface area contributed by atoms with Crippen molar-refractivity contribution >= 4 is 46.7 Å². The molecule has 0 aliphatic heterocycles. The highest BCUT2D eigenvalue weighted by atomic mass is 127. The molecule has 1 aromatic carbocycles. The minimum Gasteiger partial charge on any atom is -0.465 e. The number of rotatable bonds is 1. The summed E-state index contributed by atoms with van der Waals surface area (Å²) in [6, 6.07) is 5.22. The van der Waals surface area contributed by atoms with E-state index in [2.05, 4.69) is 27.3 Å². The first-order chi connectivity index (χ1) is 5.65. The van der Waals surface area contributed by atoms with Crippen molar-refractivity contribution in [3.8, 4) is 0 Å². The zero-order valence-corrected chi connectivity index (χ0v) is 9.89. The molecule has 13 heavy (non-hydrogen) atoms. The number of anilines is 1. The van der Waals surface area contributed by atoms with Gasteiger partial charge in [0.05, 0.1) is 12.7 Å². The molecule has 5 heteroatoms. The summed E-state index contributed by atoms with van der Waals surface area (Å²) in [5.41, 5.74) is 6.43. The lowest BCUT2D eigenvalue weighted by atomic mass is 10.2. The second kappa shape index (κ2) is 5.29. The molecule has 0 amide bonds. The topological polar surface area (TPSA) is 52.3 Å². The Labute approximate surface area is 96.2 Å². The van der Waals surface area contributed by atoms with Crippen LogP contribution in [0.2, 0.25) is 0 Å². The second-order valence-electron chi connectivity index (χ2n) is 2.22. The van der Waals surface area contributed by atoms with Gasteiger partial charge in [0.1, 0.15) is 0 Å². The van der Waals surface area contributed by atoms with E-state index in [0.717, 1.165) is 3.57 Å². The molecule has 0 atom stereocenters. The van der Waals surface area contributed by atoms with E-state index in [1.165, 1.54) is 7.11 Å². The van der Waals surface area contributed by atoms with Gasteiger partial charge < -0.3 is 10.5 Å². The number of esters is 1. The van der Waals surface area contributed by atoms with Crippen LogP contribution in [-0.4, -0.2) is 13.1 Å². The Bertz CT molecular complexity index is 317. The lowest BCUT2D eigenvalue weighted by molar-refractivity contribution is 0.0602. The average molecular weight is 314 g/mol. The van der Waals surface area contributed by atoms with Crippen LogP contribution in [0.5, 0.6) is 0 Å². The van der Waals surface area contributed by atoms with Crippen LogP contribution in [0.4, 0.5) is 5.69 Å². The van der Waals surface area contributed by atoms with Gasteiger partial charge in [0.25, 0.3) is 0 Å². The summed E-state index contributed by atoms with van der Waals surface area (Å²) < 4.78 is 5.51. The molecule has 0 fully saturated rings. The van der Waals surface area contributed by atoms with Gasteiger partial charge in [-0.1, -0.05) is 0 Å². The van der Waals surface area contributed by atoms with Crippen molar-refractivity contribution in [2.75, 3.05) is 12.8 Å². The van der Waals surface area contributed by atoms with E-state index in [1.807, 2.05) is 6.07 Å². The normalized spacial score (nSPS) is 8.77. The van der Waals surface area contributed by atoms with E-state index in [9.17, 15) is 4.79 Å². The number of ether oxygens (including phenoxy) is 1. The minimum atomic E-state index is -0.397. The van der Waals surface area contributed by atoms with Gasteiger partial charge in [-0.25, -0.2) is 4.79 Å². The number of carbonyl (C=O) groups excluding carboxylic acids is 1. The fourth-order valence-electron chi connectivity index (χ4n) is 0.815. The van der Waals surface area contributed by atoms with Crippen LogP contribution in [0, 0.1) is 3.57 Å². The third-order valence-corrected chi connectivity index (χ3v) is 2.09. The lowest BCUT2D eigenvalue weighted by Gasteiger charge is -2.02. The van der Waals surface area contributed by atoms with Crippen LogP contribution in [0.1, 0.15) is 10.4 Å². The van der Waals surface area contributed by atoms with Gasteiger partial charge in [-0.05, 0) is 40.8 Å². The third kappa shape index (κ3) is 3.04. The highest BCUT2D eigenvalue weighted by Crippen LogP contribution is 2.16. The quantitative estimate of drug-likeness (QED) is 0.491. The van der Waals surface area contributed by atoms with Gasteiger partial charge in [0.15, 0.2) is 0 Å². The summed E-state index contributed by atoms with van der Waals surface area (Å²) in [7, 11) is 1.33. The molecule has 0 aliphatic rings. The summed E-state index contributed by atoms with van der Waals surface area (Å²) in [4.78, 5) is 11.1. The van der Waals surface area contributed by atoms with Gasteiger partial charge in [0, 0.05) is 9.26 Å². The summed E-state index contributed by atoms with van der Waals surface area (Å²) in [5.74, 6) is -0.397. The van der Waals surface area contributed by atoms with Crippen molar-refractivity contribution < 1.29 is 9.53 Å². The van der Waals surface area contributed by atoms with Crippen LogP contribution in [0.15, 0.2) is 18.2 Å². The van der Waals surface area contributed by atoms with Crippen LogP contribution in [0.3, 0.4) is 0 Å². The maximum absolute atomic E-state index is 11.1. The monoisotopic (exact) mass is 313 g/mol. The fourth-order valence-corrected chi connectivity index (χ4v) is 1.31. The first-order valence-electron chi connectivity index (χ1n) is 3.28. The molecular weight excluding hydrogens is 304 g/mol. The Morgan fingerprint density at radius 3 is 2.69 bits per heavy atom.